The van der Waals surface area contributed by atoms with Crippen molar-refractivity contribution in [1.29, 1.82) is 0 Å². The summed E-state index contributed by atoms with van der Waals surface area (Å²) in [4.78, 5) is 0.260. The monoisotopic (exact) mass is 334 g/mol. The molecule has 0 bridgehead atoms. The van der Waals surface area contributed by atoms with E-state index in [0.29, 0.717) is 17.6 Å². The third-order valence-electron chi connectivity index (χ3n) is 2.59. The number of nitrogens with one attached hydrogen (secondary N) is 1. The maximum atomic E-state index is 12.0. The van der Waals surface area contributed by atoms with Crippen molar-refractivity contribution >= 4 is 26.0 Å². The van der Waals surface area contributed by atoms with E-state index in [4.69, 9.17) is 5.73 Å². The molecule has 18 heavy (non-hydrogen) atoms. The molecule has 4 nitrogen and oxygen atoms in total. The lowest BCUT2D eigenvalue weighted by Gasteiger charge is -2.09. The Bertz CT molecular complexity index is 489. The normalized spacial score (nSPS) is 11.7. The van der Waals surface area contributed by atoms with Gasteiger partial charge in [0, 0.05) is 17.6 Å². The zero-order valence-corrected chi connectivity index (χ0v) is 12.9. The first-order chi connectivity index (χ1) is 8.51. The molecular weight excluding hydrogens is 316 g/mol. The summed E-state index contributed by atoms with van der Waals surface area (Å²) in [7, 11) is -3.43. The molecule has 0 saturated heterocycles. The molecule has 0 aromatic heterocycles. The lowest BCUT2D eigenvalue weighted by atomic mass is 10.2. The van der Waals surface area contributed by atoms with Crippen LogP contribution in [0.3, 0.4) is 0 Å². The van der Waals surface area contributed by atoms with Gasteiger partial charge in [-0.15, -0.1) is 0 Å². The number of benzene rings is 1. The standard InChI is InChI=1S/C12H19BrN2O2S/c1-2-3-4-7-15-18(16,17)12-6-5-10(9-14)8-11(12)13/h5-6,8,15H,2-4,7,9,14H2,1H3. The molecule has 0 spiro atoms. The number of hydrogen-bond donors (Lipinski definition) is 2. The van der Waals surface area contributed by atoms with Gasteiger partial charge in [0.2, 0.25) is 10.0 Å². The molecule has 0 aliphatic carbocycles. The fourth-order valence-electron chi connectivity index (χ4n) is 1.55. The van der Waals surface area contributed by atoms with Crippen molar-refractivity contribution in [1.82, 2.24) is 4.72 Å². The maximum absolute atomic E-state index is 12.0. The van der Waals surface area contributed by atoms with Gasteiger partial charge in [0.05, 0.1) is 4.90 Å². The zero-order valence-electron chi connectivity index (χ0n) is 10.4. The molecule has 0 fully saturated rings. The summed E-state index contributed by atoms with van der Waals surface area (Å²) in [5.41, 5.74) is 6.40. The molecule has 0 aliphatic rings. The van der Waals surface area contributed by atoms with Crippen molar-refractivity contribution in [2.45, 2.75) is 37.6 Å². The van der Waals surface area contributed by atoms with Crippen molar-refractivity contribution < 1.29 is 8.42 Å². The maximum Gasteiger partial charge on any atom is 0.241 e. The highest BCUT2D eigenvalue weighted by Crippen LogP contribution is 2.23. The Labute approximate surface area is 117 Å². The van der Waals surface area contributed by atoms with Gasteiger partial charge in [-0.25, -0.2) is 13.1 Å². The smallest absolute Gasteiger partial charge is 0.241 e. The van der Waals surface area contributed by atoms with Gasteiger partial charge in [-0.3, -0.25) is 0 Å². The van der Waals surface area contributed by atoms with Crippen LogP contribution in [-0.2, 0) is 16.6 Å². The first kappa shape index (κ1) is 15.6. The van der Waals surface area contributed by atoms with Gasteiger partial charge in [-0.05, 0) is 40.0 Å². The van der Waals surface area contributed by atoms with Crippen LogP contribution < -0.4 is 10.5 Å². The van der Waals surface area contributed by atoms with E-state index in [0.717, 1.165) is 24.8 Å². The lowest BCUT2D eigenvalue weighted by molar-refractivity contribution is 0.575. The first-order valence-electron chi connectivity index (χ1n) is 5.99. The van der Waals surface area contributed by atoms with E-state index in [1.54, 1.807) is 18.2 Å². The Kier molecular flexibility index (Phi) is 6.28. The lowest BCUT2D eigenvalue weighted by Crippen LogP contribution is -2.25. The highest BCUT2D eigenvalue weighted by molar-refractivity contribution is 9.10. The summed E-state index contributed by atoms with van der Waals surface area (Å²) in [6, 6.07) is 5.04. The molecule has 0 atom stereocenters. The second-order valence-electron chi connectivity index (χ2n) is 4.07. The zero-order chi connectivity index (χ0) is 13.6. The number of sulfonamides is 1. The highest BCUT2D eigenvalue weighted by atomic mass is 79.9. The van der Waals surface area contributed by atoms with Crippen molar-refractivity contribution in [2.75, 3.05) is 6.54 Å². The molecule has 0 unspecified atom stereocenters. The van der Waals surface area contributed by atoms with E-state index in [9.17, 15) is 8.42 Å². The predicted molar refractivity (Wildman–Crippen MR) is 76.7 cm³/mol. The van der Waals surface area contributed by atoms with Gasteiger partial charge < -0.3 is 5.73 Å². The Morgan fingerprint density at radius 1 is 1.33 bits per heavy atom. The largest absolute Gasteiger partial charge is 0.326 e. The SMILES string of the molecule is CCCCCNS(=O)(=O)c1ccc(CN)cc1Br. The quantitative estimate of drug-likeness (QED) is 0.752. The minimum atomic E-state index is -3.43. The summed E-state index contributed by atoms with van der Waals surface area (Å²) in [5, 5.41) is 0. The summed E-state index contributed by atoms with van der Waals surface area (Å²) < 4.78 is 27.2. The second-order valence-corrected chi connectivity index (χ2v) is 6.66. The average Bonchev–Trinajstić information content (AvgIpc) is 2.34. The van der Waals surface area contributed by atoms with Crippen molar-refractivity contribution in [3.05, 3.63) is 28.2 Å². The molecule has 3 N–H and O–H groups in total. The molecular formula is C12H19BrN2O2S. The molecule has 1 aromatic rings. The Morgan fingerprint density at radius 3 is 2.61 bits per heavy atom. The third kappa shape index (κ3) is 4.35. The number of rotatable bonds is 7. The van der Waals surface area contributed by atoms with Crippen molar-refractivity contribution in [3.63, 3.8) is 0 Å². The number of hydrogen-bond acceptors (Lipinski definition) is 3. The summed E-state index contributed by atoms with van der Waals surface area (Å²) >= 11 is 3.27. The van der Waals surface area contributed by atoms with Crippen LogP contribution >= 0.6 is 15.9 Å². The summed E-state index contributed by atoms with van der Waals surface area (Å²) in [6.07, 6.45) is 2.95. The fourth-order valence-corrected chi connectivity index (χ4v) is 3.75. The third-order valence-corrected chi connectivity index (χ3v) is 5.03. The summed E-state index contributed by atoms with van der Waals surface area (Å²) in [6.45, 7) is 2.95. The molecule has 1 aromatic carbocycles. The second kappa shape index (κ2) is 7.23. The van der Waals surface area contributed by atoms with Gasteiger partial charge >= 0.3 is 0 Å². The summed E-state index contributed by atoms with van der Waals surface area (Å²) in [5.74, 6) is 0. The van der Waals surface area contributed by atoms with Gasteiger partial charge in [-0.1, -0.05) is 25.8 Å². The molecule has 0 heterocycles. The van der Waals surface area contributed by atoms with E-state index >= 15 is 0 Å². The van der Waals surface area contributed by atoms with Crippen LogP contribution in [-0.4, -0.2) is 15.0 Å². The van der Waals surface area contributed by atoms with Gasteiger partial charge in [-0.2, -0.15) is 0 Å². The fraction of sp³-hybridized carbons (Fsp3) is 0.500. The van der Waals surface area contributed by atoms with E-state index in [2.05, 4.69) is 27.6 Å². The average molecular weight is 335 g/mol. The molecule has 0 radical (unpaired) electrons. The van der Waals surface area contributed by atoms with Gasteiger partial charge in [0.25, 0.3) is 0 Å². The van der Waals surface area contributed by atoms with Gasteiger partial charge in [0.1, 0.15) is 0 Å². The number of halogens is 1. The number of nitrogens with two attached hydrogens (primary N) is 1. The molecule has 0 amide bonds. The molecule has 0 aliphatic heterocycles. The molecule has 1 rings (SSSR count). The first-order valence-corrected chi connectivity index (χ1v) is 8.27. The van der Waals surface area contributed by atoms with Crippen molar-refractivity contribution in [3.8, 4) is 0 Å². The van der Waals surface area contributed by atoms with Crippen LogP contribution in [0.15, 0.2) is 27.6 Å². The molecule has 0 saturated carbocycles. The number of unbranched alkanes of at least 4 members (excludes halogenated alkanes) is 2. The van der Waals surface area contributed by atoms with E-state index in [1.807, 2.05) is 0 Å². The Balaban J connectivity index is 2.78. The van der Waals surface area contributed by atoms with Crippen molar-refractivity contribution in [2.24, 2.45) is 5.73 Å². The topological polar surface area (TPSA) is 72.2 Å². The van der Waals surface area contributed by atoms with E-state index < -0.39 is 10.0 Å². The molecule has 6 heteroatoms. The molecule has 102 valence electrons. The minimum absolute atomic E-state index is 0.260. The minimum Gasteiger partial charge on any atom is -0.326 e. The predicted octanol–water partition coefficient (Wildman–Crippen LogP) is 2.38. The van der Waals surface area contributed by atoms with Crippen LogP contribution in [0.4, 0.5) is 0 Å². The van der Waals surface area contributed by atoms with Crippen LogP contribution in [0.1, 0.15) is 31.7 Å². The van der Waals surface area contributed by atoms with E-state index in [-0.39, 0.29) is 4.90 Å². The van der Waals surface area contributed by atoms with Crippen LogP contribution in [0.2, 0.25) is 0 Å². The van der Waals surface area contributed by atoms with Gasteiger partial charge in [0.15, 0.2) is 0 Å². The van der Waals surface area contributed by atoms with Crippen LogP contribution in [0.5, 0.6) is 0 Å². The van der Waals surface area contributed by atoms with Crippen LogP contribution in [0.25, 0.3) is 0 Å². The Morgan fingerprint density at radius 2 is 2.06 bits per heavy atom. The van der Waals surface area contributed by atoms with Crippen LogP contribution in [0, 0.1) is 0 Å². The van der Waals surface area contributed by atoms with E-state index in [1.165, 1.54) is 0 Å². The highest BCUT2D eigenvalue weighted by Gasteiger charge is 2.16. The Hall–Kier alpha value is -0.430.